The summed E-state index contributed by atoms with van der Waals surface area (Å²) in [5, 5.41) is 9.24. The summed E-state index contributed by atoms with van der Waals surface area (Å²) in [5.74, 6) is 0.454. The van der Waals surface area contributed by atoms with Gasteiger partial charge in [-0.1, -0.05) is 19.9 Å². The topological polar surface area (TPSA) is 55.5 Å². The molecule has 96 valence electrons. The summed E-state index contributed by atoms with van der Waals surface area (Å²) in [4.78, 5) is 0. The molecule has 3 nitrogen and oxygen atoms in total. The van der Waals surface area contributed by atoms with Crippen LogP contribution in [0.4, 0.5) is 4.39 Å². The minimum Gasteiger partial charge on any atom is -0.486 e. The Bertz CT molecular complexity index is 344. The Kier molecular flexibility index (Phi) is 5.38. The normalized spacial score (nSPS) is 14.7. The summed E-state index contributed by atoms with van der Waals surface area (Å²) >= 11 is 0. The van der Waals surface area contributed by atoms with Gasteiger partial charge in [-0.25, -0.2) is 4.39 Å². The van der Waals surface area contributed by atoms with E-state index in [1.807, 2.05) is 0 Å². The fraction of sp³-hybridized carbons (Fsp3) is 0.538. The summed E-state index contributed by atoms with van der Waals surface area (Å²) in [6, 6.07) is 5.57. The van der Waals surface area contributed by atoms with Gasteiger partial charge >= 0.3 is 0 Å². The van der Waals surface area contributed by atoms with Crippen molar-refractivity contribution in [3.05, 3.63) is 30.1 Å². The number of aliphatic hydroxyl groups excluding tert-OH is 1. The zero-order chi connectivity index (χ0) is 12.8. The molecular weight excluding hydrogens is 221 g/mol. The predicted octanol–water partition coefficient (Wildman–Crippen LogP) is 1.94. The van der Waals surface area contributed by atoms with Crippen LogP contribution in [0.15, 0.2) is 24.3 Å². The van der Waals surface area contributed by atoms with Crippen LogP contribution in [0.1, 0.15) is 20.3 Å². The highest BCUT2D eigenvalue weighted by atomic mass is 19.1. The van der Waals surface area contributed by atoms with Crippen molar-refractivity contribution in [2.45, 2.75) is 32.4 Å². The fourth-order valence-electron chi connectivity index (χ4n) is 1.67. The molecule has 0 fully saturated rings. The maximum absolute atomic E-state index is 13.0. The number of hydrogen-bond acceptors (Lipinski definition) is 3. The first-order valence-electron chi connectivity index (χ1n) is 5.81. The summed E-state index contributed by atoms with van der Waals surface area (Å²) < 4.78 is 18.5. The van der Waals surface area contributed by atoms with Crippen molar-refractivity contribution >= 4 is 0 Å². The summed E-state index contributed by atoms with van der Waals surface area (Å²) in [6.45, 7) is 3.93. The molecule has 0 aliphatic rings. The highest BCUT2D eigenvalue weighted by Crippen LogP contribution is 2.16. The smallest absolute Gasteiger partial charge is 0.137 e. The molecule has 1 aromatic rings. The monoisotopic (exact) mass is 241 g/mol. The third kappa shape index (κ3) is 4.71. The Morgan fingerprint density at radius 3 is 2.65 bits per heavy atom. The molecule has 0 aromatic heterocycles. The molecule has 0 bridgehead atoms. The van der Waals surface area contributed by atoms with E-state index in [2.05, 4.69) is 13.8 Å². The second-order valence-corrected chi connectivity index (χ2v) is 4.59. The van der Waals surface area contributed by atoms with Gasteiger partial charge in [-0.05, 0) is 24.5 Å². The number of hydrogen-bond donors (Lipinski definition) is 2. The maximum Gasteiger partial charge on any atom is 0.137 e. The van der Waals surface area contributed by atoms with Gasteiger partial charge in [0.05, 0.1) is 6.61 Å². The first-order chi connectivity index (χ1) is 8.02. The Morgan fingerprint density at radius 1 is 1.41 bits per heavy atom. The van der Waals surface area contributed by atoms with E-state index in [-0.39, 0.29) is 18.5 Å². The first kappa shape index (κ1) is 13.9. The van der Waals surface area contributed by atoms with E-state index in [9.17, 15) is 9.50 Å². The number of benzene rings is 1. The van der Waals surface area contributed by atoms with Crippen LogP contribution >= 0.6 is 0 Å². The molecule has 0 saturated heterocycles. The number of nitrogens with two attached hydrogens (primary N) is 1. The number of ether oxygens (including phenoxy) is 1. The van der Waals surface area contributed by atoms with E-state index >= 15 is 0 Å². The van der Waals surface area contributed by atoms with Crippen LogP contribution in [-0.4, -0.2) is 23.9 Å². The predicted molar refractivity (Wildman–Crippen MR) is 65.3 cm³/mol. The standard InChI is InChI=1S/C13H20FNO2/c1-9(2)6-12(15)13(8-16)17-11-5-3-4-10(14)7-11/h3-5,7,9,12-13,16H,6,8,15H2,1-2H3. The van der Waals surface area contributed by atoms with Crippen LogP contribution in [0.25, 0.3) is 0 Å². The van der Waals surface area contributed by atoms with Crippen molar-refractivity contribution < 1.29 is 14.2 Å². The maximum atomic E-state index is 13.0. The summed E-state index contributed by atoms with van der Waals surface area (Å²) in [6.07, 6.45) is 0.250. The molecule has 3 N–H and O–H groups in total. The van der Waals surface area contributed by atoms with E-state index in [1.165, 1.54) is 12.1 Å². The van der Waals surface area contributed by atoms with Gasteiger partial charge in [0, 0.05) is 12.1 Å². The van der Waals surface area contributed by atoms with E-state index < -0.39 is 6.10 Å². The van der Waals surface area contributed by atoms with Crippen LogP contribution in [0.5, 0.6) is 5.75 Å². The molecule has 2 unspecified atom stereocenters. The molecule has 0 saturated carbocycles. The van der Waals surface area contributed by atoms with Gasteiger partial charge in [-0.3, -0.25) is 0 Å². The molecule has 0 aliphatic heterocycles. The highest BCUT2D eigenvalue weighted by molar-refractivity contribution is 5.22. The first-order valence-corrected chi connectivity index (χ1v) is 5.81. The molecule has 2 atom stereocenters. The average molecular weight is 241 g/mol. The molecule has 0 heterocycles. The second-order valence-electron chi connectivity index (χ2n) is 4.59. The SMILES string of the molecule is CC(C)CC(N)C(CO)Oc1cccc(F)c1. The van der Waals surface area contributed by atoms with Gasteiger partial charge in [-0.15, -0.1) is 0 Å². The van der Waals surface area contributed by atoms with Crippen LogP contribution in [0, 0.1) is 11.7 Å². The molecule has 0 aliphatic carbocycles. The molecule has 17 heavy (non-hydrogen) atoms. The van der Waals surface area contributed by atoms with Gasteiger partial charge in [0.15, 0.2) is 0 Å². The van der Waals surface area contributed by atoms with Crippen molar-refractivity contribution in [3.63, 3.8) is 0 Å². The van der Waals surface area contributed by atoms with Gasteiger partial charge in [0.2, 0.25) is 0 Å². The Balaban J connectivity index is 2.63. The largest absolute Gasteiger partial charge is 0.486 e. The molecular formula is C13H20FNO2. The minimum atomic E-state index is -0.501. The van der Waals surface area contributed by atoms with Gasteiger partial charge in [-0.2, -0.15) is 0 Å². The molecule has 4 heteroatoms. The van der Waals surface area contributed by atoms with Crippen molar-refractivity contribution in [3.8, 4) is 5.75 Å². The molecule has 0 amide bonds. The van der Waals surface area contributed by atoms with Crippen LogP contribution in [0.2, 0.25) is 0 Å². The third-order valence-electron chi connectivity index (χ3n) is 2.48. The van der Waals surface area contributed by atoms with E-state index in [0.29, 0.717) is 11.7 Å². The summed E-state index contributed by atoms with van der Waals surface area (Å²) in [5.41, 5.74) is 5.94. The lowest BCUT2D eigenvalue weighted by Crippen LogP contribution is -2.42. The fourth-order valence-corrected chi connectivity index (χ4v) is 1.67. The van der Waals surface area contributed by atoms with Crippen LogP contribution < -0.4 is 10.5 Å². The van der Waals surface area contributed by atoms with E-state index in [4.69, 9.17) is 10.5 Å². The lowest BCUT2D eigenvalue weighted by atomic mass is 10.0. The molecule has 1 rings (SSSR count). The lowest BCUT2D eigenvalue weighted by Gasteiger charge is -2.24. The highest BCUT2D eigenvalue weighted by Gasteiger charge is 2.20. The Hall–Kier alpha value is -1.13. The number of aliphatic hydroxyl groups is 1. The van der Waals surface area contributed by atoms with Gasteiger partial charge < -0.3 is 15.6 Å². The van der Waals surface area contributed by atoms with Crippen molar-refractivity contribution in [2.75, 3.05) is 6.61 Å². The molecule has 0 radical (unpaired) electrons. The number of rotatable bonds is 6. The third-order valence-corrected chi connectivity index (χ3v) is 2.48. The molecule has 1 aromatic carbocycles. The van der Waals surface area contributed by atoms with Gasteiger partial charge in [0.1, 0.15) is 17.7 Å². The quantitative estimate of drug-likeness (QED) is 0.800. The summed E-state index contributed by atoms with van der Waals surface area (Å²) in [7, 11) is 0. The van der Waals surface area contributed by atoms with Gasteiger partial charge in [0.25, 0.3) is 0 Å². The zero-order valence-electron chi connectivity index (χ0n) is 10.3. The van der Waals surface area contributed by atoms with E-state index in [0.717, 1.165) is 6.42 Å². The number of halogens is 1. The average Bonchev–Trinajstić information content (AvgIpc) is 2.24. The van der Waals surface area contributed by atoms with Crippen LogP contribution in [-0.2, 0) is 0 Å². The minimum absolute atomic E-state index is 0.176. The Morgan fingerprint density at radius 2 is 2.12 bits per heavy atom. The lowest BCUT2D eigenvalue weighted by molar-refractivity contribution is 0.0879. The van der Waals surface area contributed by atoms with Crippen molar-refractivity contribution in [1.29, 1.82) is 0 Å². The Labute approximate surface area is 101 Å². The van der Waals surface area contributed by atoms with E-state index in [1.54, 1.807) is 12.1 Å². The zero-order valence-corrected chi connectivity index (χ0v) is 10.3. The second kappa shape index (κ2) is 6.57. The van der Waals surface area contributed by atoms with Crippen molar-refractivity contribution in [2.24, 2.45) is 11.7 Å². The van der Waals surface area contributed by atoms with Crippen LogP contribution in [0.3, 0.4) is 0 Å². The molecule has 0 spiro atoms. The van der Waals surface area contributed by atoms with Crippen molar-refractivity contribution in [1.82, 2.24) is 0 Å².